The zero-order valence-corrected chi connectivity index (χ0v) is 13.4. The van der Waals surface area contributed by atoms with Crippen LogP contribution in [0.3, 0.4) is 0 Å². The molecule has 3 nitrogen and oxygen atoms in total. The third-order valence-corrected chi connectivity index (χ3v) is 4.89. The van der Waals surface area contributed by atoms with E-state index in [0.717, 1.165) is 25.2 Å². The van der Waals surface area contributed by atoms with Gasteiger partial charge < -0.3 is 5.32 Å². The van der Waals surface area contributed by atoms with Crippen LogP contribution in [-0.4, -0.2) is 28.5 Å². The quantitative estimate of drug-likeness (QED) is 0.868. The molecule has 1 aromatic rings. The summed E-state index contributed by atoms with van der Waals surface area (Å²) in [6.07, 6.45) is 11.5. The van der Waals surface area contributed by atoms with Crippen molar-refractivity contribution in [2.24, 2.45) is 0 Å². The van der Waals surface area contributed by atoms with E-state index in [1.165, 1.54) is 62.7 Å². The average Bonchev–Trinajstić information content (AvgIpc) is 3.34. The van der Waals surface area contributed by atoms with E-state index in [2.05, 4.69) is 40.5 Å². The number of aromatic nitrogens is 1. The molecular formula is C18H29N3. The van der Waals surface area contributed by atoms with E-state index in [4.69, 9.17) is 0 Å². The summed E-state index contributed by atoms with van der Waals surface area (Å²) >= 11 is 0. The van der Waals surface area contributed by atoms with Crippen molar-refractivity contribution in [2.75, 3.05) is 6.54 Å². The highest BCUT2D eigenvalue weighted by atomic mass is 15.2. The first-order chi connectivity index (χ1) is 10.3. The second kappa shape index (κ2) is 7.37. The van der Waals surface area contributed by atoms with E-state index in [0.29, 0.717) is 0 Å². The highest BCUT2D eigenvalue weighted by Gasteiger charge is 2.21. The van der Waals surface area contributed by atoms with Crippen molar-refractivity contribution in [2.45, 2.75) is 77.0 Å². The molecular weight excluding hydrogens is 258 g/mol. The van der Waals surface area contributed by atoms with Gasteiger partial charge in [0.2, 0.25) is 0 Å². The molecule has 0 aromatic carbocycles. The molecule has 0 amide bonds. The molecule has 1 aromatic heterocycles. The molecule has 2 heterocycles. The Kier molecular flexibility index (Phi) is 5.26. The van der Waals surface area contributed by atoms with Crippen LogP contribution in [0, 0.1) is 0 Å². The molecule has 3 rings (SSSR count). The molecule has 1 atom stereocenters. The molecule has 0 bridgehead atoms. The van der Waals surface area contributed by atoms with Crippen LogP contribution in [0.25, 0.3) is 0 Å². The van der Waals surface area contributed by atoms with Gasteiger partial charge in [-0.2, -0.15) is 0 Å². The van der Waals surface area contributed by atoms with Crippen LogP contribution in [0.1, 0.15) is 63.1 Å². The standard InChI is InChI=1S/C18H29N3/c1-2-18-6-4-3-5-11-21(18)14-17-8-7-15(13-20-17)12-19-16-9-10-16/h7-8,13,16,18-19H,2-6,9-12,14H2,1H3. The maximum Gasteiger partial charge on any atom is 0.0544 e. The van der Waals surface area contributed by atoms with Crippen LogP contribution in [0.4, 0.5) is 0 Å². The smallest absolute Gasteiger partial charge is 0.0544 e. The normalized spacial score (nSPS) is 24.0. The van der Waals surface area contributed by atoms with Gasteiger partial charge in [-0.25, -0.2) is 0 Å². The van der Waals surface area contributed by atoms with Gasteiger partial charge in [0.1, 0.15) is 0 Å². The van der Waals surface area contributed by atoms with Crippen molar-refractivity contribution >= 4 is 0 Å². The van der Waals surface area contributed by atoms with Gasteiger partial charge in [0, 0.05) is 31.4 Å². The topological polar surface area (TPSA) is 28.2 Å². The fraction of sp³-hybridized carbons (Fsp3) is 0.722. The molecule has 3 heteroatoms. The monoisotopic (exact) mass is 287 g/mol. The molecule has 21 heavy (non-hydrogen) atoms. The predicted octanol–water partition coefficient (Wildman–Crippen LogP) is 3.49. The fourth-order valence-electron chi connectivity index (χ4n) is 3.32. The minimum Gasteiger partial charge on any atom is -0.310 e. The van der Waals surface area contributed by atoms with Gasteiger partial charge in [0.05, 0.1) is 5.69 Å². The second-order valence-electron chi connectivity index (χ2n) is 6.69. The summed E-state index contributed by atoms with van der Waals surface area (Å²) in [4.78, 5) is 7.34. The van der Waals surface area contributed by atoms with Crippen molar-refractivity contribution in [1.82, 2.24) is 15.2 Å². The Morgan fingerprint density at radius 1 is 1.19 bits per heavy atom. The third kappa shape index (κ3) is 4.52. The summed E-state index contributed by atoms with van der Waals surface area (Å²) in [6, 6.07) is 6.00. The highest BCUT2D eigenvalue weighted by Crippen LogP contribution is 2.21. The van der Waals surface area contributed by atoms with Crippen LogP contribution in [0.5, 0.6) is 0 Å². The van der Waals surface area contributed by atoms with Gasteiger partial charge in [-0.05, 0) is 50.3 Å². The lowest BCUT2D eigenvalue weighted by Crippen LogP contribution is -2.34. The minimum atomic E-state index is 0.755. The molecule has 116 valence electrons. The molecule has 0 radical (unpaired) electrons. The van der Waals surface area contributed by atoms with Crippen LogP contribution in [0.15, 0.2) is 18.3 Å². The maximum atomic E-state index is 4.69. The Morgan fingerprint density at radius 3 is 2.81 bits per heavy atom. The van der Waals surface area contributed by atoms with Gasteiger partial charge in [0.25, 0.3) is 0 Å². The van der Waals surface area contributed by atoms with Crippen LogP contribution in [-0.2, 0) is 13.1 Å². The van der Waals surface area contributed by atoms with Gasteiger partial charge in [-0.1, -0.05) is 25.8 Å². The van der Waals surface area contributed by atoms with Crippen molar-refractivity contribution in [3.63, 3.8) is 0 Å². The summed E-state index contributed by atoms with van der Waals surface area (Å²) in [5.41, 5.74) is 2.54. The number of hydrogen-bond donors (Lipinski definition) is 1. The van der Waals surface area contributed by atoms with E-state index < -0.39 is 0 Å². The van der Waals surface area contributed by atoms with Crippen molar-refractivity contribution in [3.8, 4) is 0 Å². The minimum absolute atomic E-state index is 0.755. The number of nitrogens with zero attached hydrogens (tertiary/aromatic N) is 2. The lowest BCUT2D eigenvalue weighted by Gasteiger charge is -2.28. The highest BCUT2D eigenvalue weighted by molar-refractivity contribution is 5.14. The second-order valence-corrected chi connectivity index (χ2v) is 6.69. The third-order valence-electron chi connectivity index (χ3n) is 4.89. The Labute approximate surface area is 129 Å². The molecule has 2 fully saturated rings. The average molecular weight is 287 g/mol. The van der Waals surface area contributed by atoms with Crippen molar-refractivity contribution in [3.05, 3.63) is 29.6 Å². The molecule has 0 spiro atoms. The Bertz CT molecular complexity index is 425. The van der Waals surface area contributed by atoms with Crippen molar-refractivity contribution in [1.29, 1.82) is 0 Å². The first-order valence-corrected chi connectivity index (χ1v) is 8.76. The Morgan fingerprint density at radius 2 is 2.10 bits per heavy atom. The summed E-state index contributed by atoms with van der Waals surface area (Å²) in [5, 5.41) is 3.55. The van der Waals surface area contributed by atoms with E-state index in [1.807, 2.05) is 0 Å². The fourth-order valence-corrected chi connectivity index (χ4v) is 3.32. The number of pyridine rings is 1. The van der Waals surface area contributed by atoms with E-state index in [1.54, 1.807) is 0 Å². The summed E-state index contributed by atoms with van der Waals surface area (Å²) in [6.45, 7) is 5.56. The maximum absolute atomic E-state index is 4.69. The summed E-state index contributed by atoms with van der Waals surface area (Å²) in [7, 11) is 0. The number of nitrogens with one attached hydrogen (secondary N) is 1. The number of likely N-dealkylation sites (tertiary alicyclic amines) is 1. The lowest BCUT2D eigenvalue weighted by molar-refractivity contribution is 0.184. The summed E-state index contributed by atoms with van der Waals surface area (Å²) in [5.74, 6) is 0. The van der Waals surface area contributed by atoms with Crippen LogP contribution < -0.4 is 5.32 Å². The van der Waals surface area contributed by atoms with Crippen LogP contribution >= 0.6 is 0 Å². The first kappa shape index (κ1) is 15.0. The lowest BCUT2D eigenvalue weighted by atomic mass is 10.1. The zero-order chi connectivity index (χ0) is 14.5. The largest absolute Gasteiger partial charge is 0.310 e. The van der Waals surface area contributed by atoms with Crippen LogP contribution in [0.2, 0.25) is 0 Å². The summed E-state index contributed by atoms with van der Waals surface area (Å²) < 4.78 is 0. The molecule has 1 saturated carbocycles. The van der Waals surface area contributed by atoms with Crippen molar-refractivity contribution < 1.29 is 0 Å². The number of rotatable bonds is 6. The molecule has 1 unspecified atom stereocenters. The molecule has 2 aliphatic rings. The molecule has 1 aliphatic heterocycles. The Hall–Kier alpha value is -0.930. The van der Waals surface area contributed by atoms with Gasteiger partial charge in [0.15, 0.2) is 0 Å². The van der Waals surface area contributed by atoms with E-state index in [9.17, 15) is 0 Å². The van der Waals surface area contributed by atoms with Gasteiger partial charge in [-0.3, -0.25) is 9.88 Å². The van der Waals surface area contributed by atoms with Gasteiger partial charge >= 0.3 is 0 Å². The van der Waals surface area contributed by atoms with E-state index >= 15 is 0 Å². The predicted molar refractivity (Wildman–Crippen MR) is 87.1 cm³/mol. The van der Waals surface area contributed by atoms with E-state index in [-0.39, 0.29) is 0 Å². The SMILES string of the molecule is CCC1CCCCCN1Cc1ccc(CNC2CC2)cn1. The molecule has 1 N–H and O–H groups in total. The Balaban J connectivity index is 1.55. The number of hydrogen-bond acceptors (Lipinski definition) is 3. The molecule has 1 aliphatic carbocycles. The zero-order valence-electron chi connectivity index (χ0n) is 13.4. The van der Waals surface area contributed by atoms with Gasteiger partial charge in [-0.15, -0.1) is 0 Å². The molecule has 1 saturated heterocycles. The first-order valence-electron chi connectivity index (χ1n) is 8.76.